The van der Waals surface area contributed by atoms with E-state index in [0.717, 1.165) is 21.4 Å². The van der Waals surface area contributed by atoms with E-state index < -0.39 is 0 Å². The predicted octanol–water partition coefficient (Wildman–Crippen LogP) is 3.01. The fraction of sp³-hybridized carbons (Fsp3) is 0. The molecule has 0 atom stereocenters. The van der Waals surface area contributed by atoms with Gasteiger partial charge >= 0.3 is 0 Å². The second kappa shape index (κ2) is 6.44. The van der Waals surface area contributed by atoms with Crippen LogP contribution in [-0.2, 0) is 9.59 Å². The van der Waals surface area contributed by atoms with Gasteiger partial charge in [-0.2, -0.15) is 0 Å². The van der Waals surface area contributed by atoms with Crippen LogP contribution < -0.4 is 0 Å². The van der Waals surface area contributed by atoms with Crippen LogP contribution in [0.4, 0.5) is 11.4 Å². The Morgan fingerprint density at radius 1 is 0.875 bits per heavy atom. The largest absolute Gasteiger partial charge is 0.297 e. The second-order valence-electron chi connectivity index (χ2n) is 2.58. The lowest BCUT2D eigenvalue weighted by Gasteiger charge is -2.02. The minimum Gasteiger partial charge on any atom is -0.297 e. The maximum atomic E-state index is 10.2. The van der Waals surface area contributed by atoms with E-state index in [0.29, 0.717) is 23.9 Å². The van der Waals surface area contributed by atoms with Gasteiger partial charge in [-0.1, -0.05) is 0 Å². The number of benzene rings is 1. The van der Waals surface area contributed by atoms with Crippen molar-refractivity contribution in [2.75, 3.05) is 0 Å². The molecule has 1 aromatic rings. The van der Waals surface area contributed by atoms with Gasteiger partial charge in [-0.25, -0.2) is 0 Å². The molecule has 1 aromatic carbocycles. The number of aliphatic imine (C=N–C) groups is 2. The third-order valence-electron chi connectivity index (χ3n) is 1.57. The lowest BCUT2D eigenvalue weighted by molar-refractivity contribution is -0.103. The highest BCUT2D eigenvalue weighted by molar-refractivity contribution is 9.11. The van der Waals surface area contributed by atoms with Crippen molar-refractivity contribution in [2.45, 2.75) is 0 Å². The molecule has 6 heteroatoms. The van der Waals surface area contributed by atoms with Gasteiger partial charge in [0.25, 0.3) is 0 Å². The Kier molecular flexibility index (Phi) is 5.21. The molecule has 0 N–H and O–H groups in total. The zero-order valence-corrected chi connectivity index (χ0v) is 11.1. The summed E-state index contributed by atoms with van der Waals surface area (Å²) < 4.78 is 1.45. The van der Waals surface area contributed by atoms with E-state index in [4.69, 9.17) is 0 Å². The van der Waals surface area contributed by atoms with E-state index in [1.807, 2.05) is 0 Å². The summed E-state index contributed by atoms with van der Waals surface area (Å²) in [4.78, 5) is 28.1. The zero-order valence-electron chi connectivity index (χ0n) is 7.93. The smallest absolute Gasteiger partial charge is 0.161 e. The van der Waals surface area contributed by atoms with Crippen LogP contribution in [0.2, 0.25) is 0 Å². The van der Waals surface area contributed by atoms with Gasteiger partial charge in [0.1, 0.15) is 0 Å². The molecule has 0 aliphatic heterocycles. The van der Waals surface area contributed by atoms with Gasteiger partial charge in [0.15, 0.2) is 12.6 Å². The molecule has 0 fully saturated rings. The van der Waals surface area contributed by atoms with Crippen molar-refractivity contribution in [1.82, 2.24) is 0 Å². The molecule has 0 aliphatic carbocycles. The molecule has 0 saturated carbocycles. The van der Waals surface area contributed by atoms with E-state index in [1.54, 1.807) is 12.1 Å². The predicted molar refractivity (Wildman–Crippen MR) is 70.3 cm³/mol. The Bertz CT molecular complexity index is 431. The maximum Gasteiger partial charge on any atom is 0.161 e. The number of halogens is 2. The summed E-state index contributed by atoms with van der Waals surface area (Å²) in [5.74, 6) is 0. The van der Waals surface area contributed by atoms with Crippen molar-refractivity contribution in [1.29, 1.82) is 0 Å². The summed E-state index contributed by atoms with van der Waals surface area (Å²) >= 11 is 6.60. The highest BCUT2D eigenvalue weighted by atomic mass is 79.9. The number of nitrogens with zero attached hydrogens (tertiary/aromatic N) is 2. The standard InChI is InChI=1S/C10H6Br2N2O2/c11-7-5-8(12)10(14-2-4-16)6-9(7)13-1-3-15/h1-6H. The fourth-order valence-electron chi connectivity index (χ4n) is 0.946. The van der Waals surface area contributed by atoms with E-state index in [2.05, 4.69) is 41.8 Å². The normalized spacial score (nSPS) is 11.1. The van der Waals surface area contributed by atoms with E-state index in [1.165, 1.54) is 0 Å². The number of carbonyl (C=O) groups is 2. The summed E-state index contributed by atoms with van der Waals surface area (Å²) in [7, 11) is 0. The van der Waals surface area contributed by atoms with Gasteiger partial charge in [-0.15, -0.1) is 0 Å². The van der Waals surface area contributed by atoms with Crippen LogP contribution in [0.15, 0.2) is 31.1 Å². The van der Waals surface area contributed by atoms with E-state index in [-0.39, 0.29) is 0 Å². The third kappa shape index (κ3) is 3.46. The Morgan fingerprint density at radius 2 is 1.31 bits per heavy atom. The van der Waals surface area contributed by atoms with Gasteiger partial charge in [0, 0.05) is 8.95 Å². The number of carbonyl (C=O) groups excluding carboxylic acids is 2. The Morgan fingerprint density at radius 3 is 1.69 bits per heavy atom. The highest BCUT2D eigenvalue weighted by Crippen LogP contribution is 2.36. The van der Waals surface area contributed by atoms with Crippen LogP contribution in [0.25, 0.3) is 0 Å². The first-order valence-corrected chi connectivity index (χ1v) is 5.72. The lowest BCUT2D eigenvalue weighted by Crippen LogP contribution is -1.78. The van der Waals surface area contributed by atoms with Crippen molar-refractivity contribution < 1.29 is 9.59 Å². The summed E-state index contributed by atoms with van der Waals surface area (Å²) in [6, 6.07) is 3.39. The van der Waals surface area contributed by atoms with Crippen LogP contribution in [0.5, 0.6) is 0 Å². The van der Waals surface area contributed by atoms with Crippen LogP contribution in [0, 0.1) is 0 Å². The number of rotatable bonds is 4. The monoisotopic (exact) mass is 344 g/mol. The molecule has 0 aromatic heterocycles. The highest BCUT2D eigenvalue weighted by Gasteiger charge is 2.04. The summed E-state index contributed by atoms with van der Waals surface area (Å²) in [6.45, 7) is 0. The van der Waals surface area contributed by atoms with Crippen LogP contribution in [0.1, 0.15) is 0 Å². The molecule has 0 bridgehead atoms. The molecule has 0 unspecified atom stereocenters. The third-order valence-corrected chi connectivity index (χ3v) is 2.84. The second-order valence-corrected chi connectivity index (χ2v) is 4.29. The van der Waals surface area contributed by atoms with Gasteiger partial charge in [0.05, 0.1) is 23.8 Å². The first-order valence-electron chi connectivity index (χ1n) is 4.13. The molecular weight excluding hydrogens is 340 g/mol. The maximum absolute atomic E-state index is 10.2. The first-order chi connectivity index (χ1) is 7.69. The fourth-order valence-corrected chi connectivity index (χ4v) is 2.14. The summed E-state index contributed by atoms with van der Waals surface area (Å²) in [6.07, 6.45) is 3.45. The molecule has 0 aliphatic rings. The minimum absolute atomic E-state index is 0.563. The van der Waals surface area contributed by atoms with Gasteiger partial charge in [0.2, 0.25) is 0 Å². The van der Waals surface area contributed by atoms with E-state index >= 15 is 0 Å². The Labute approximate surface area is 109 Å². The quantitative estimate of drug-likeness (QED) is 0.622. The van der Waals surface area contributed by atoms with Crippen LogP contribution in [0.3, 0.4) is 0 Å². The average molecular weight is 346 g/mol. The summed E-state index contributed by atoms with van der Waals surface area (Å²) in [5.41, 5.74) is 1.13. The van der Waals surface area contributed by atoms with Gasteiger partial charge in [-0.3, -0.25) is 19.6 Å². The molecule has 1 rings (SSSR count). The topological polar surface area (TPSA) is 58.9 Å². The Balaban J connectivity index is 3.20. The molecule has 16 heavy (non-hydrogen) atoms. The van der Waals surface area contributed by atoms with Crippen molar-refractivity contribution >= 4 is 68.2 Å². The molecular formula is C10H6Br2N2O2. The van der Waals surface area contributed by atoms with Crippen molar-refractivity contribution in [3.05, 3.63) is 21.1 Å². The van der Waals surface area contributed by atoms with Gasteiger partial charge in [-0.05, 0) is 44.0 Å². The number of hydrogen-bond donors (Lipinski definition) is 0. The Hall–Kier alpha value is -1.14. The molecule has 4 nitrogen and oxygen atoms in total. The van der Waals surface area contributed by atoms with Crippen molar-refractivity contribution in [3.8, 4) is 0 Å². The summed E-state index contributed by atoms with van der Waals surface area (Å²) in [5, 5.41) is 0. The van der Waals surface area contributed by atoms with Crippen molar-refractivity contribution in [3.63, 3.8) is 0 Å². The van der Waals surface area contributed by atoms with Gasteiger partial charge < -0.3 is 0 Å². The lowest BCUT2D eigenvalue weighted by atomic mass is 10.3. The number of aldehydes is 2. The number of hydrogen-bond acceptors (Lipinski definition) is 4. The molecule has 0 saturated heterocycles. The van der Waals surface area contributed by atoms with E-state index in [9.17, 15) is 9.59 Å². The average Bonchev–Trinajstić information content (AvgIpc) is 2.26. The molecule has 82 valence electrons. The molecule has 0 heterocycles. The molecule has 0 radical (unpaired) electrons. The minimum atomic E-state index is 0.563. The first kappa shape index (κ1) is 12.9. The van der Waals surface area contributed by atoms with Crippen LogP contribution >= 0.6 is 31.9 Å². The zero-order chi connectivity index (χ0) is 12.0. The molecule has 0 spiro atoms. The van der Waals surface area contributed by atoms with Crippen LogP contribution in [-0.4, -0.2) is 25.0 Å². The SMILES string of the molecule is O=CC=Nc1cc(N=CC=O)c(Br)cc1Br. The van der Waals surface area contributed by atoms with Crippen molar-refractivity contribution in [2.24, 2.45) is 9.98 Å². The molecule has 0 amide bonds.